The van der Waals surface area contributed by atoms with Crippen molar-refractivity contribution in [3.63, 3.8) is 0 Å². The first-order valence-corrected chi connectivity index (χ1v) is 18.6. The molecule has 0 atom stereocenters. The summed E-state index contributed by atoms with van der Waals surface area (Å²) in [6.07, 6.45) is 0. The predicted octanol–water partition coefficient (Wildman–Crippen LogP) is 13.4. The summed E-state index contributed by atoms with van der Waals surface area (Å²) in [6.45, 7) is 4.68. The smallest absolute Gasteiger partial charge is 0.0713 e. The lowest BCUT2D eigenvalue weighted by Gasteiger charge is -2.34. The number of benzene rings is 8. The van der Waals surface area contributed by atoms with Crippen LogP contribution in [0.2, 0.25) is 0 Å². The van der Waals surface area contributed by atoms with Crippen molar-refractivity contribution in [1.29, 1.82) is 0 Å². The maximum absolute atomic E-state index is 3.71. The van der Waals surface area contributed by atoms with Gasteiger partial charge in [0.15, 0.2) is 0 Å². The summed E-state index contributed by atoms with van der Waals surface area (Å²) in [5.41, 5.74) is 19.9. The molecule has 0 bridgehead atoms. The van der Waals surface area contributed by atoms with Gasteiger partial charge in [-0.15, -0.1) is 0 Å². The molecule has 0 aliphatic heterocycles. The first-order chi connectivity index (χ1) is 26.0. The van der Waals surface area contributed by atoms with Gasteiger partial charge >= 0.3 is 0 Å². The fourth-order valence-corrected chi connectivity index (χ4v) is 9.30. The molecule has 0 unspecified atom stereocenters. The van der Waals surface area contributed by atoms with Gasteiger partial charge in [0.25, 0.3) is 0 Å². The van der Waals surface area contributed by atoms with E-state index in [0.29, 0.717) is 0 Å². The van der Waals surface area contributed by atoms with Crippen molar-refractivity contribution in [2.75, 3.05) is 5.32 Å². The highest BCUT2D eigenvalue weighted by atomic mass is 14.9. The second-order valence-electron chi connectivity index (χ2n) is 15.0. The number of nitrogens with one attached hydrogen (secondary N) is 1. The van der Waals surface area contributed by atoms with Crippen LogP contribution in [0.15, 0.2) is 194 Å². The number of hydrogen-bond acceptors (Lipinski definition) is 1. The van der Waals surface area contributed by atoms with Gasteiger partial charge in [-0.3, -0.25) is 0 Å². The summed E-state index contributed by atoms with van der Waals surface area (Å²) < 4.78 is 0. The van der Waals surface area contributed by atoms with Gasteiger partial charge in [-0.05, 0) is 108 Å². The Balaban J connectivity index is 1.01. The van der Waals surface area contributed by atoms with E-state index in [1.165, 1.54) is 77.9 Å². The van der Waals surface area contributed by atoms with Crippen LogP contribution in [0, 0.1) is 0 Å². The third-order valence-corrected chi connectivity index (χ3v) is 11.7. The van der Waals surface area contributed by atoms with Crippen molar-refractivity contribution in [3.05, 3.63) is 228 Å². The maximum atomic E-state index is 3.71. The molecular formula is C52H39N. The van der Waals surface area contributed by atoms with Crippen LogP contribution in [-0.2, 0) is 10.8 Å². The Morgan fingerprint density at radius 2 is 0.887 bits per heavy atom. The average Bonchev–Trinajstić information content (AvgIpc) is 3.65. The quantitative estimate of drug-likeness (QED) is 0.185. The molecule has 53 heavy (non-hydrogen) atoms. The molecule has 0 saturated carbocycles. The minimum Gasteiger partial charge on any atom is -0.356 e. The Bertz CT molecular complexity index is 2610. The van der Waals surface area contributed by atoms with Gasteiger partial charge in [0.2, 0.25) is 0 Å². The zero-order chi connectivity index (χ0) is 35.6. The number of anilines is 2. The molecule has 0 heterocycles. The zero-order valence-electron chi connectivity index (χ0n) is 30.0. The van der Waals surface area contributed by atoms with E-state index in [-0.39, 0.29) is 5.41 Å². The zero-order valence-corrected chi connectivity index (χ0v) is 30.0. The van der Waals surface area contributed by atoms with E-state index < -0.39 is 5.41 Å². The third kappa shape index (κ3) is 4.77. The summed E-state index contributed by atoms with van der Waals surface area (Å²) in [5.74, 6) is 0. The molecule has 1 heteroatoms. The standard InChI is InChI=1S/C52H39N/c1-51(2)46-24-11-10-22-45(46)50-42(23-14-26-48(50)51)35-27-30-40(31-28-35)53-41-20-13-15-36(33-41)37-29-32-44-43-21-9-12-25-47(43)52(49(44)34-37,38-16-5-3-6-17-38)39-18-7-4-8-19-39/h3-34,53H,1-2H3. The van der Waals surface area contributed by atoms with E-state index in [9.17, 15) is 0 Å². The number of rotatable bonds is 6. The van der Waals surface area contributed by atoms with Gasteiger partial charge in [0.1, 0.15) is 0 Å². The SMILES string of the molecule is CC1(C)c2ccccc2-c2c(-c3ccc(Nc4cccc(-c5ccc6c(c5)C(c5ccccc5)(c5ccccc5)c5ccccc5-6)c4)cc3)cccc21. The van der Waals surface area contributed by atoms with Crippen LogP contribution in [0.4, 0.5) is 11.4 Å². The fraction of sp³-hybridized carbons (Fsp3) is 0.0769. The van der Waals surface area contributed by atoms with Crippen molar-refractivity contribution in [3.8, 4) is 44.5 Å². The summed E-state index contributed by atoms with van der Waals surface area (Å²) in [4.78, 5) is 0. The van der Waals surface area contributed by atoms with Gasteiger partial charge < -0.3 is 5.32 Å². The van der Waals surface area contributed by atoms with Crippen molar-refractivity contribution in [2.45, 2.75) is 24.7 Å². The van der Waals surface area contributed by atoms with Crippen LogP contribution in [0.25, 0.3) is 44.5 Å². The average molecular weight is 678 g/mol. The van der Waals surface area contributed by atoms with Crippen LogP contribution in [-0.4, -0.2) is 0 Å². The minimum atomic E-state index is -0.418. The maximum Gasteiger partial charge on any atom is 0.0713 e. The monoisotopic (exact) mass is 677 g/mol. The molecule has 0 spiro atoms. The van der Waals surface area contributed by atoms with Crippen LogP contribution in [0.5, 0.6) is 0 Å². The van der Waals surface area contributed by atoms with Crippen molar-refractivity contribution in [1.82, 2.24) is 0 Å². The molecule has 1 N–H and O–H groups in total. The van der Waals surface area contributed by atoms with E-state index in [4.69, 9.17) is 0 Å². The van der Waals surface area contributed by atoms with Crippen molar-refractivity contribution >= 4 is 11.4 Å². The Labute approximate surface area is 312 Å². The first-order valence-electron chi connectivity index (χ1n) is 18.6. The van der Waals surface area contributed by atoms with Crippen molar-refractivity contribution in [2.24, 2.45) is 0 Å². The van der Waals surface area contributed by atoms with Gasteiger partial charge in [0.05, 0.1) is 5.41 Å². The Morgan fingerprint density at radius 3 is 1.62 bits per heavy atom. The lowest BCUT2D eigenvalue weighted by Crippen LogP contribution is -2.28. The lowest BCUT2D eigenvalue weighted by molar-refractivity contribution is 0.660. The van der Waals surface area contributed by atoms with Gasteiger partial charge in [-0.25, -0.2) is 0 Å². The second kappa shape index (κ2) is 12.1. The van der Waals surface area contributed by atoms with Crippen LogP contribution in [0.3, 0.4) is 0 Å². The molecule has 8 aromatic carbocycles. The predicted molar refractivity (Wildman–Crippen MR) is 222 cm³/mol. The van der Waals surface area contributed by atoms with Crippen molar-refractivity contribution < 1.29 is 0 Å². The van der Waals surface area contributed by atoms with E-state index in [0.717, 1.165) is 11.4 Å². The lowest BCUT2D eigenvalue weighted by atomic mass is 9.67. The molecule has 252 valence electrons. The van der Waals surface area contributed by atoms with Gasteiger partial charge in [-0.2, -0.15) is 0 Å². The van der Waals surface area contributed by atoms with Gasteiger partial charge in [0, 0.05) is 16.8 Å². The molecule has 0 aromatic heterocycles. The van der Waals surface area contributed by atoms with Crippen LogP contribution < -0.4 is 5.32 Å². The first kappa shape index (κ1) is 31.3. The summed E-state index contributed by atoms with van der Waals surface area (Å²) in [5, 5.41) is 3.71. The van der Waals surface area contributed by atoms with Gasteiger partial charge in [-0.1, -0.05) is 178 Å². The molecule has 0 radical (unpaired) electrons. The highest BCUT2D eigenvalue weighted by molar-refractivity contribution is 5.93. The van der Waals surface area contributed by atoms with E-state index in [1.807, 2.05) is 0 Å². The van der Waals surface area contributed by atoms with Crippen LogP contribution in [0.1, 0.15) is 47.2 Å². The van der Waals surface area contributed by atoms with E-state index in [1.54, 1.807) is 0 Å². The normalized spacial score (nSPS) is 14.2. The molecule has 0 fully saturated rings. The number of fused-ring (bicyclic) bond motifs is 6. The molecule has 8 aromatic rings. The molecule has 10 rings (SSSR count). The summed E-state index contributed by atoms with van der Waals surface area (Å²) in [6, 6.07) is 71.4. The molecule has 0 saturated heterocycles. The summed E-state index contributed by atoms with van der Waals surface area (Å²) in [7, 11) is 0. The Kier molecular flexibility index (Phi) is 7.13. The minimum absolute atomic E-state index is 0.0121. The molecule has 2 aliphatic carbocycles. The highest BCUT2D eigenvalue weighted by Gasteiger charge is 2.46. The van der Waals surface area contributed by atoms with E-state index in [2.05, 4.69) is 213 Å². The van der Waals surface area contributed by atoms with E-state index >= 15 is 0 Å². The molecule has 1 nitrogen and oxygen atoms in total. The molecule has 0 amide bonds. The van der Waals surface area contributed by atoms with Crippen LogP contribution >= 0.6 is 0 Å². The Hall–Kier alpha value is -6.44. The fourth-order valence-electron chi connectivity index (χ4n) is 9.30. The second-order valence-corrected chi connectivity index (χ2v) is 15.0. The molecule has 2 aliphatic rings. The highest BCUT2D eigenvalue weighted by Crippen LogP contribution is 2.57. The number of hydrogen-bond donors (Lipinski definition) is 1. The summed E-state index contributed by atoms with van der Waals surface area (Å²) >= 11 is 0. The third-order valence-electron chi connectivity index (χ3n) is 11.7. The Morgan fingerprint density at radius 1 is 0.340 bits per heavy atom. The molecular weight excluding hydrogens is 639 g/mol. The topological polar surface area (TPSA) is 12.0 Å². The largest absolute Gasteiger partial charge is 0.356 e.